The van der Waals surface area contributed by atoms with E-state index in [2.05, 4.69) is 20.8 Å². The van der Waals surface area contributed by atoms with Gasteiger partial charge in [0.2, 0.25) is 0 Å². The summed E-state index contributed by atoms with van der Waals surface area (Å²) in [7, 11) is 0. The topological polar surface area (TPSA) is 21.7 Å². The minimum absolute atomic E-state index is 0.503. The fourth-order valence-corrected chi connectivity index (χ4v) is 3.90. The average molecular weight is 420 g/mol. The minimum atomic E-state index is 0.503. The van der Waals surface area contributed by atoms with Gasteiger partial charge in [0.05, 0.1) is 6.61 Å². The Kier molecular flexibility index (Phi) is 6.32. The van der Waals surface area contributed by atoms with Gasteiger partial charge in [-0.2, -0.15) is 0 Å². The number of nitrogens with zero attached hydrogens (tertiary/aromatic N) is 1. The second kappa shape index (κ2) is 8.68. The molecule has 0 saturated carbocycles. The highest BCUT2D eigenvalue weighted by molar-refractivity contribution is 9.10. The maximum absolute atomic E-state index is 6.00. The molecule has 1 aliphatic rings. The first kappa shape index (κ1) is 18.2. The van der Waals surface area contributed by atoms with Gasteiger partial charge >= 0.3 is 0 Å². The van der Waals surface area contributed by atoms with Crippen LogP contribution in [-0.4, -0.2) is 29.6 Å². The summed E-state index contributed by atoms with van der Waals surface area (Å²) in [4.78, 5) is 3.13. The number of hydrogen-bond acceptors (Lipinski definition) is 3. The number of likely N-dealkylation sites (tertiary alicyclic amines) is 1. The number of thiocarbonyl (C=S) groups is 1. The molecule has 0 N–H and O–H groups in total. The van der Waals surface area contributed by atoms with Gasteiger partial charge in [0.25, 0.3) is 0 Å². The Labute approximate surface area is 163 Å². The summed E-state index contributed by atoms with van der Waals surface area (Å²) in [6.45, 7) is 5.12. The fraction of sp³-hybridized carbons (Fsp3) is 0.350. The molecule has 25 heavy (non-hydrogen) atoms. The minimum Gasteiger partial charge on any atom is -0.490 e. The normalized spacial score (nSPS) is 13.8. The highest BCUT2D eigenvalue weighted by Crippen LogP contribution is 2.35. The molecular weight excluding hydrogens is 398 g/mol. The number of benzene rings is 2. The van der Waals surface area contributed by atoms with Gasteiger partial charge in [-0.25, -0.2) is 0 Å². The quantitative estimate of drug-likeness (QED) is 0.599. The molecule has 3 nitrogen and oxygen atoms in total. The van der Waals surface area contributed by atoms with Crippen molar-refractivity contribution in [2.75, 3.05) is 19.7 Å². The Morgan fingerprint density at radius 1 is 1.08 bits per heavy atom. The van der Waals surface area contributed by atoms with Crippen LogP contribution in [0.15, 0.2) is 46.9 Å². The van der Waals surface area contributed by atoms with Crippen LogP contribution in [0.2, 0.25) is 0 Å². The van der Waals surface area contributed by atoms with E-state index in [0.29, 0.717) is 13.2 Å². The van der Waals surface area contributed by atoms with Crippen molar-refractivity contribution in [2.24, 2.45) is 0 Å². The lowest BCUT2D eigenvalue weighted by Crippen LogP contribution is -2.27. The van der Waals surface area contributed by atoms with E-state index in [1.165, 1.54) is 12.8 Å². The monoisotopic (exact) mass is 419 g/mol. The lowest BCUT2D eigenvalue weighted by atomic mass is 10.2. The third kappa shape index (κ3) is 4.53. The molecule has 0 radical (unpaired) electrons. The molecule has 132 valence electrons. The number of halogens is 1. The van der Waals surface area contributed by atoms with Gasteiger partial charge < -0.3 is 14.4 Å². The number of rotatable bonds is 6. The zero-order valence-corrected chi connectivity index (χ0v) is 16.7. The maximum atomic E-state index is 6.00. The van der Waals surface area contributed by atoms with Crippen LogP contribution in [0.25, 0.3) is 0 Å². The van der Waals surface area contributed by atoms with Crippen LogP contribution in [0.4, 0.5) is 0 Å². The number of ether oxygens (including phenoxy) is 2. The van der Waals surface area contributed by atoms with Crippen LogP contribution in [0.5, 0.6) is 11.5 Å². The van der Waals surface area contributed by atoms with Gasteiger partial charge in [-0.15, -0.1) is 0 Å². The second-order valence-corrected chi connectivity index (χ2v) is 7.23. The molecule has 0 spiro atoms. The standard InChI is InChI=1S/C20H22BrNO2S/c1-2-23-18-12-16(20(25)22-10-6-7-11-22)17(21)13-19(18)24-14-15-8-4-3-5-9-15/h3-5,8-9,12-13H,2,6-7,10-11,14H2,1H3. The first-order valence-corrected chi connectivity index (χ1v) is 9.81. The molecule has 0 atom stereocenters. The highest BCUT2D eigenvalue weighted by Gasteiger charge is 2.20. The van der Waals surface area contributed by atoms with E-state index in [1.54, 1.807) is 0 Å². The Morgan fingerprint density at radius 2 is 1.76 bits per heavy atom. The molecule has 0 bridgehead atoms. The highest BCUT2D eigenvalue weighted by atomic mass is 79.9. The van der Waals surface area contributed by atoms with Crippen molar-refractivity contribution < 1.29 is 9.47 Å². The molecule has 0 aliphatic carbocycles. The second-order valence-electron chi connectivity index (χ2n) is 5.99. The van der Waals surface area contributed by atoms with Crippen molar-refractivity contribution in [3.8, 4) is 11.5 Å². The molecule has 1 fully saturated rings. The first-order chi connectivity index (χ1) is 12.2. The van der Waals surface area contributed by atoms with Crippen LogP contribution in [0.3, 0.4) is 0 Å². The summed E-state index contributed by atoms with van der Waals surface area (Å²) in [5, 5.41) is 0. The van der Waals surface area contributed by atoms with E-state index in [0.717, 1.165) is 45.2 Å². The van der Waals surface area contributed by atoms with Crippen LogP contribution < -0.4 is 9.47 Å². The molecule has 0 amide bonds. The van der Waals surface area contributed by atoms with Gasteiger partial charge in [0.1, 0.15) is 11.6 Å². The van der Waals surface area contributed by atoms with Gasteiger partial charge in [0.15, 0.2) is 11.5 Å². The van der Waals surface area contributed by atoms with Crippen molar-refractivity contribution in [1.29, 1.82) is 0 Å². The molecular formula is C20H22BrNO2S. The molecule has 5 heteroatoms. The van der Waals surface area contributed by atoms with Crippen molar-refractivity contribution in [3.05, 3.63) is 58.1 Å². The molecule has 1 saturated heterocycles. The lowest BCUT2D eigenvalue weighted by molar-refractivity contribution is 0.269. The van der Waals surface area contributed by atoms with E-state index in [1.807, 2.05) is 49.4 Å². The fourth-order valence-electron chi connectivity index (χ4n) is 2.91. The van der Waals surface area contributed by atoms with Crippen molar-refractivity contribution in [1.82, 2.24) is 4.90 Å². The zero-order chi connectivity index (χ0) is 17.6. The van der Waals surface area contributed by atoms with E-state index in [9.17, 15) is 0 Å². The van der Waals surface area contributed by atoms with Gasteiger partial charge in [-0.3, -0.25) is 0 Å². The van der Waals surface area contributed by atoms with Crippen LogP contribution in [0.1, 0.15) is 30.9 Å². The molecule has 3 rings (SSSR count). The van der Waals surface area contributed by atoms with E-state index < -0.39 is 0 Å². The summed E-state index contributed by atoms with van der Waals surface area (Å²) in [5.41, 5.74) is 2.12. The summed E-state index contributed by atoms with van der Waals surface area (Å²) in [5.74, 6) is 1.46. The Balaban J connectivity index is 1.82. The van der Waals surface area contributed by atoms with Crippen molar-refractivity contribution in [3.63, 3.8) is 0 Å². The van der Waals surface area contributed by atoms with Gasteiger partial charge in [-0.1, -0.05) is 42.5 Å². The number of hydrogen-bond donors (Lipinski definition) is 0. The lowest BCUT2D eigenvalue weighted by Gasteiger charge is -2.21. The molecule has 2 aromatic rings. The zero-order valence-electron chi connectivity index (χ0n) is 14.3. The smallest absolute Gasteiger partial charge is 0.162 e. The summed E-state index contributed by atoms with van der Waals surface area (Å²) in [6.07, 6.45) is 2.41. The molecule has 2 aromatic carbocycles. The predicted octanol–water partition coefficient (Wildman–Crippen LogP) is 5.20. The molecule has 1 heterocycles. The predicted molar refractivity (Wildman–Crippen MR) is 109 cm³/mol. The van der Waals surface area contributed by atoms with E-state index >= 15 is 0 Å². The van der Waals surface area contributed by atoms with Crippen molar-refractivity contribution >= 4 is 33.1 Å². The van der Waals surface area contributed by atoms with Crippen LogP contribution >= 0.6 is 28.1 Å². The van der Waals surface area contributed by atoms with Gasteiger partial charge in [-0.05, 0) is 53.4 Å². The summed E-state index contributed by atoms with van der Waals surface area (Å²) < 4.78 is 12.8. The van der Waals surface area contributed by atoms with Crippen LogP contribution in [-0.2, 0) is 6.61 Å². The largest absolute Gasteiger partial charge is 0.490 e. The average Bonchev–Trinajstić information content (AvgIpc) is 3.17. The Morgan fingerprint density at radius 3 is 2.44 bits per heavy atom. The SMILES string of the molecule is CCOc1cc(C(=S)N2CCCC2)c(Br)cc1OCc1ccccc1. The molecule has 0 aromatic heterocycles. The Hall–Kier alpha value is -1.59. The van der Waals surface area contributed by atoms with E-state index in [4.69, 9.17) is 21.7 Å². The Bertz CT molecular complexity index is 730. The van der Waals surface area contributed by atoms with Crippen molar-refractivity contribution in [2.45, 2.75) is 26.4 Å². The molecule has 1 aliphatic heterocycles. The third-order valence-corrected chi connectivity index (χ3v) is 5.33. The summed E-state index contributed by atoms with van der Waals surface area (Å²) >= 11 is 9.35. The van der Waals surface area contributed by atoms with Gasteiger partial charge in [0, 0.05) is 23.1 Å². The third-order valence-electron chi connectivity index (χ3n) is 4.19. The van der Waals surface area contributed by atoms with Crippen LogP contribution in [0, 0.1) is 0 Å². The maximum Gasteiger partial charge on any atom is 0.162 e. The summed E-state index contributed by atoms with van der Waals surface area (Å²) in [6, 6.07) is 14.1. The first-order valence-electron chi connectivity index (χ1n) is 8.61. The molecule has 0 unspecified atom stereocenters. The van der Waals surface area contributed by atoms with E-state index in [-0.39, 0.29) is 0 Å².